The summed E-state index contributed by atoms with van der Waals surface area (Å²) in [4.78, 5) is 0. The molecule has 17 heavy (non-hydrogen) atoms. The summed E-state index contributed by atoms with van der Waals surface area (Å²) < 4.78 is 19.3. The highest BCUT2D eigenvalue weighted by atomic mass is 79.9. The lowest BCUT2D eigenvalue weighted by molar-refractivity contribution is 0.479. The lowest BCUT2D eigenvalue weighted by Crippen LogP contribution is -2.13. The van der Waals surface area contributed by atoms with Gasteiger partial charge in [-0.3, -0.25) is 0 Å². The van der Waals surface area contributed by atoms with Gasteiger partial charge in [-0.15, -0.1) is 0 Å². The Morgan fingerprint density at radius 2 is 2.12 bits per heavy atom. The molecule has 0 saturated heterocycles. The number of hydrogen-bond acceptors (Lipinski definition) is 2. The molecule has 0 bridgehead atoms. The zero-order valence-corrected chi connectivity index (χ0v) is 11.1. The van der Waals surface area contributed by atoms with E-state index in [9.17, 15) is 4.39 Å². The Balaban J connectivity index is 1.94. The largest absolute Gasteiger partial charge is 0.468 e. The van der Waals surface area contributed by atoms with E-state index in [4.69, 9.17) is 4.42 Å². The third kappa shape index (κ3) is 3.17. The SMILES string of the molecule is Cc1ccoc1CNCc1cc(F)ccc1Br. The first-order chi connectivity index (χ1) is 8.16. The molecule has 0 unspecified atom stereocenters. The number of aryl methyl sites for hydroxylation is 1. The molecule has 0 aliphatic heterocycles. The topological polar surface area (TPSA) is 25.2 Å². The minimum Gasteiger partial charge on any atom is -0.468 e. The third-order valence-electron chi connectivity index (χ3n) is 2.58. The molecule has 0 radical (unpaired) electrons. The molecule has 4 heteroatoms. The molecule has 1 aromatic carbocycles. The van der Waals surface area contributed by atoms with Crippen molar-refractivity contribution in [3.63, 3.8) is 0 Å². The fourth-order valence-corrected chi connectivity index (χ4v) is 1.96. The van der Waals surface area contributed by atoms with Gasteiger partial charge in [0.2, 0.25) is 0 Å². The molecule has 1 N–H and O–H groups in total. The zero-order valence-electron chi connectivity index (χ0n) is 9.47. The maximum absolute atomic E-state index is 13.0. The van der Waals surface area contributed by atoms with Gasteiger partial charge in [-0.2, -0.15) is 0 Å². The lowest BCUT2D eigenvalue weighted by Gasteiger charge is -2.06. The predicted molar refractivity (Wildman–Crippen MR) is 68.1 cm³/mol. The second-order valence-corrected chi connectivity index (χ2v) is 4.72. The van der Waals surface area contributed by atoms with Crippen molar-refractivity contribution in [3.8, 4) is 0 Å². The van der Waals surface area contributed by atoms with Gasteiger partial charge in [0.05, 0.1) is 12.8 Å². The molecule has 0 saturated carbocycles. The third-order valence-corrected chi connectivity index (χ3v) is 3.35. The van der Waals surface area contributed by atoms with E-state index in [0.29, 0.717) is 13.1 Å². The minimum absolute atomic E-state index is 0.223. The van der Waals surface area contributed by atoms with E-state index in [1.165, 1.54) is 12.1 Å². The van der Waals surface area contributed by atoms with Gasteiger partial charge in [-0.25, -0.2) is 4.39 Å². The Morgan fingerprint density at radius 3 is 2.82 bits per heavy atom. The molecule has 0 fully saturated rings. The molecular weight excluding hydrogens is 285 g/mol. The number of furan rings is 1. The van der Waals surface area contributed by atoms with Crippen molar-refractivity contribution in [2.45, 2.75) is 20.0 Å². The first-order valence-electron chi connectivity index (χ1n) is 5.34. The van der Waals surface area contributed by atoms with Crippen LogP contribution in [0.25, 0.3) is 0 Å². The Bertz CT molecular complexity index is 510. The van der Waals surface area contributed by atoms with E-state index >= 15 is 0 Å². The summed E-state index contributed by atoms with van der Waals surface area (Å²) in [5.41, 5.74) is 2.02. The summed E-state index contributed by atoms with van der Waals surface area (Å²) in [5.74, 6) is 0.691. The number of nitrogens with one attached hydrogen (secondary N) is 1. The Kier molecular flexibility index (Phi) is 3.97. The van der Waals surface area contributed by atoms with Crippen LogP contribution >= 0.6 is 15.9 Å². The standard InChI is InChI=1S/C13H13BrFNO/c1-9-4-5-17-13(9)8-16-7-10-6-11(15)2-3-12(10)14/h2-6,16H,7-8H2,1H3. The van der Waals surface area contributed by atoms with Crippen LogP contribution in [-0.2, 0) is 13.1 Å². The van der Waals surface area contributed by atoms with Crippen LogP contribution in [0.4, 0.5) is 4.39 Å². The molecule has 0 atom stereocenters. The van der Waals surface area contributed by atoms with Crippen molar-refractivity contribution in [2.75, 3.05) is 0 Å². The quantitative estimate of drug-likeness (QED) is 0.929. The van der Waals surface area contributed by atoms with Gasteiger partial charge in [0.1, 0.15) is 11.6 Å². The van der Waals surface area contributed by atoms with E-state index in [-0.39, 0.29) is 5.82 Å². The van der Waals surface area contributed by atoms with E-state index in [1.54, 1.807) is 12.3 Å². The summed E-state index contributed by atoms with van der Waals surface area (Å²) in [6.45, 7) is 3.24. The number of hydrogen-bond donors (Lipinski definition) is 1. The first kappa shape index (κ1) is 12.3. The molecule has 0 amide bonds. The van der Waals surface area contributed by atoms with Crippen molar-refractivity contribution in [3.05, 3.63) is 57.7 Å². The van der Waals surface area contributed by atoms with E-state index in [1.807, 2.05) is 13.0 Å². The van der Waals surface area contributed by atoms with E-state index < -0.39 is 0 Å². The van der Waals surface area contributed by atoms with Crippen LogP contribution < -0.4 is 5.32 Å². The van der Waals surface area contributed by atoms with Crippen molar-refractivity contribution in [1.82, 2.24) is 5.32 Å². The van der Waals surface area contributed by atoms with Crippen molar-refractivity contribution in [1.29, 1.82) is 0 Å². The molecule has 1 heterocycles. The summed E-state index contributed by atoms with van der Waals surface area (Å²) in [6, 6.07) is 6.59. The number of halogens is 2. The summed E-state index contributed by atoms with van der Waals surface area (Å²) in [5, 5.41) is 3.22. The Hall–Kier alpha value is -1.13. The van der Waals surface area contributed by atoms with Gasteiger partial charge >= 0.3 is 0 Å². The molecule has 0 aliphatic carbocycles. The van der Waals surface area contributed by atoms with E-state index in [0.717, 1.165) is 21.4 Å². The van der Waals surface area contributed by atoms with Crippen LogP contribution in [0.2, 0.25) is 0 Å². The molecule has 2 nitrogen and oxygen atoms in total. The van der Waals surface area contributed by atoms with Crippen LogP contribution in [-0.4, -0.2) is 0 Å². The van der Waals surface area contributed by atoms with Crippen LogP contribution in [0.1, 0.15) is 16.9 Å². The maximum atomic E-state index is 13.0. The first-order valence-corrected chi connectivity index (χ1v) is 6.14. The Morgan fingerprint density at radius 1 is 1.29 bits per heavy atom. The molecular formula is C13H13BrFNO. The van der Waals surface area contributed by atoms with Gasteiger partial charge in [-0.05, 0) is 42.3 Å². The molecule has 2 rings (SSSR count). The average molecular weight is 298 g/mol. The predicted octanol–water partition coefficient (Wildman–Crippen LogP) is 3.78. The highest BCUT2D eigenvalue weighted by Gasteiger charge is 2.04. The molecule has 0 aliphatic rings. The van der Waals surface area contributed by atoms with Gasteiger partial charge in [0.25, 0.3) is 0 Å². The normalized spacial score (nSPS) is 10.8. The van der Waals surface area contributed by atoms with Crippen LogP contribution in [0.5, 0.6) is 0 Å². The van der Waals surface area contributed by atoms with Crippen molar-refractivity contribution in [2.24, 2.45) is 0 Å². The summed E-state index contributed by atoms with van der Waals surface area (Å²) >= 11 is 3.39. The van der Waals surface area contributed by atoms with Crippen molar-refractivity contribution < 1.29 is 8.81 Å². The van der Waals surface area contributed by atoms with Crippen molar-refractivity contribution >= 4 is 15.9 Å². The van der Waals surface area contributed by atoms with Crippen LogP contribution in [0.3, 0.4) is 0 Å². The van der Waals surface area contributed by atoms with Gasteiger partial charge in [-0.1, -0.05) is 15.9 Å². The average Bonchev–Trinajstić information content (AvgIpc) is 2.70. The van der Waals surface area contributed by atoms with Crippen LogP contribution in [0.15, 0.2) is 39.4 Å². The smallest absolute Gasteiger partial charge is 0.123 e. The second kappa shape index (κ2) is 5.47. The summed E-state index contributed by atoms with van der Waals surface area (Å²) in [7, 11) is 0. The number of benzene rings is 1. The van der Waals surface area contributed by atoms with Gasteiger partial charge in [0, 0.05) is 11.0 Å². The Labute approximate surface area is 108 Å². The highest BCUT2D eigenvalue weighted by Crippen LogP contribution is 2.18. The number of rotatable bonds is 4. The molecule has 90 valence electrons. The fourth-order valence-electron chi connectivity index (χ4n) is 1.57. The van der Waals surface area contributed by atoms with Crippen LogP contribution in [0, 0.1) is 12.7 Å². The molecule has 0 spiro atoms. The second-order valence-electron chi connectivity index (χ2n) is 3.87. The monoisotopic (exact) mass is 297 g/mol. The molecule has 2 aromatic rings. The lowest BCUT2D eigenvalue weighted by atomic mass is 10.2. The highest BCUT2D eigenvalue weighted by molar-refractivity contribution is 9.10. The minimum atomic E-state index is -0.223. The molecule has 1 aromatic heterocycles. The van der Waals surface area contributed by atoms with Gasteiger partial charge < -0.3 is 9.73 Å². The van der Waals surface area contributed by atoms with E-state index in [2.05, 4.69) is 21.2 Å². The maximum Gasteiger partial charge on any atom is 0.123 e. The zero-order chi connectivity index (χ0) is 12.3. The van der Waals surface area contributed by atoms with Gasteiger partial charge in [0.15, 0.2) is 0 Å². The fraction of sp³-hybridized carbons (Fsp3) is 0.231. The summed E-state index contributed by atoms with van der Waals surface area (Å²) in [6.07, 6.45) is 1.67.